The van der Waals surface area contributed by atoms with Crippen LogP contribution in [0.5, 0.6) is 5.75 Å². The van der Waals surface area contributed by atoms with Crippen LogP contribution < -0.4 is 20.7 Å². The first-order valence-electron chi connectivity index (χ1n) is 6.65. The van der Waals surface area contributed by atoms with E-state index in [0.717, 1.165) is 5.56 Å². The summed E-state index contributed by atoms with van der Waals surface area (Å²) in [4.78, 5) is 27.2. The van der Waals surface area contributed by atoms with Crippen molar-refractivity contribution in [3.8, 4) is 5.75 Å². The van der Waals surface area contributed by atoms with Crippen LogP contribution in [-0.2, 0) is 4.79 Å². The molecular formula is C14H14N4O3S. The summed E-state index contributed by atoms with van der Waals surface area (Å²) in [7, 11) is 0. The van der Waals surface area contributed by atoms with E-state index in [2.05, 4.69) is 20.9 Å². The van der Waals surface area contributed by atoms with Crippen LogP contribution in [0.3, 0.4) is 0 Å². The number of carbonyl (C=O) groups excluding carboxylic acids is 2. The fraction of sp³-hybridized carbons (Fsp3) is 0.214. The van der Waals surface area contributed by atoms with Gasteiger partial charge in [0.2, 0.25) is 0 Å². The largest absolute Gasteiger partial charge is 0.482 e. The molecule has 0 bridgehead atoms. The average molecular weight is 318 g/mol. The zero-order valence-electron chi connectivity index (χ0n) is 11.8. The van der Waals surface area contributed by atoms with Crippen LogP contribution in [0.1, 0.15) is 18.5 Å². The van der Waals surface area contributed by atoms with Crippen molar-refractivity contribution in [3.63, 3.8) is 0 Å². The Kier molecular flexibility index (Phi) is 3.92. The lowest BCUT2D eigenvalue weighted by Crippen LogP contribution is -2.31. The Balaban J connectivity index is 1.67. The lowest BCUT2D eigenvalue weighted by atomic mass is 10.1. The molecule has 8 heteroatoms. The lowest BCUT2D eigenvalue weighted by Gasteiger charge is -2.20. The summed E-state index contributed by atoms with van der Waals surface area (Å²) >= 11 is 1.35. The number of aromatic nitrogens is 1. The van der Waals surface area contributed by atoms with E-state index in [9.17, 15) is 9.59 Å². The molecule has 1 aliphatic rings. The van der Waals surface area contributed by atoms with Gasteiger partial charge in [-0.1, -0.05) is 6.07 Å². The number of fused-ring (bicyclic) bond motifs is 1. The van der Waals surface area contributed by atoms with E-state index in [-0.39, 0.29) is 24.6 Å². The molecule has 3 N–H and O–H groups in total. The van der Waals surface area contributed by atoms with Crippen LogP contribution >= 0.6 is 11.3 Å². The fourth-order valence-electron chi connectivity index (χ4n) is 2.07. The standard InChI is InChI=1S/C14H14N4O3S/c1-8(16-13(20)18-14-15-4-5-22-14)9-2-3-11-10(6-9)17-12(19)7-21-11/h2-6,8H,7H2,1H3,(H,17,19)(H2,15,16,18,20)/t8-/m1/s1. The minimum absolute atomic E-state index is 0.0242. The monoisotopic (exact) mass is 318 g/mol. The van der Waals surface area contributed by atoms with Crippen LogP contribution in [0.4, 0.5) is 15.6 Å². The van der Waals surface area contributed by atoms with Crippen molar-refractivity contribution in [2.75, 3.05) is 17.2 Å². The van der Waals surface area contributed by atoms with Crippen LogP contribution in [0.2, 0.25) is 0 Å². The van der Waals surface area contributed by atoms with Crippen molar-refractivity contribution in [2.24, 2.45) is 0 Å². The van der Waals surface area contributed by atoms with Crippen LogP contribution in [0.25, 0.3) is 0 Å². The fourth-order valence-corrected chi connectivity index (χ4v) is 2.59. The van der Waals surface area contributed by atoms with Gasteiger partial charge in [0, 0.05) is 11.6 Å². The second-order valence-electron chi connectivity index (χ2n) is 4.75. The Hall–Kier alpha value is -2.61. The third-order valence-electron chi connectivity index (χ3n) is 3.14. The zero-order valence-corrected chi connectivity index (χ0v) is 12.6. The van der Waals surface area contributed by atoms with E-state index in [1.807, 2.05) is 13.0 Å². The number of nitrogens with one attached hydrogen (secondary N) is 3. The summed E-state index contributed by atoms with van der Waals surface area (Å²) in [5.74, 6) is 0.439. The lowest BCUT2D eigenvalue weighted by molar-refractivity contribution is -0.118. The van der Waals surface area contributed by atoms with E-state index in [1.165, 1.54) is 11.3 Å². The smallest absolute Gasteiger partial charge is 0.321 e. The molecule has 0 unspecified atom stereocenters. The number of hydrogen-bond acceptors (Lipinski definition) is 5. The SMILES string of the molecule is C[C@@H](NC(=O)Nc1nccs1)c1ccc2c(c1)NC(=O)CO2. The molecule has 1 aromatic carbocycles. The van der Waals surface area contributed by atoms with E-state index >= 15 is 0 Å². The van der Waals surface area contributed by atoms with Gasteiger partial charge in [0.25, 0.3) is 5.91 Å². The van der Waals surface area contributed by atoms with E-state index in [1.54, 1.807) is 23.7 Å². The van der Waals surface area contributed by atoms with Gasteiger partial charge in [-0.05, 0) is 24.6 Å². The number of anilines is 2. The predicted octanol–water partition coefficient (Wildman–Crippen LogP) is 2.36. The highest BCUT2D eigenvalue weighted by atomic mass is 32.1. The number of ether oxygens (including phenoxy) is 1. The zero-order chi connectivity index (χ0) is 15.5. The molecule has 2 aromatic rings. The predicted molar refractivity (Wildman–Crippen MR) is 83.3 cm³/mol. The maximum absolute atomic E-state index is 11.9. The first-order valence-corrected chi connectivity index (χ1v) is 7.53. The molecule has 114 valence electrons. The van der Waals surface area contributed by atoms with Gasteiger partial charge in [-0.2, -0.15) is 0 Å². The summed E-state index contributed by atoms with van der Waals surface area (Å²) < 4.78 is 5.30. The highest BCUT2D eigenvalue weighted by Gasteiger charge is 2.18. The topological polar surface area (TPSA) is 92.4 Å². The van der Waals surface area contributed by atoms with Gasteiger partial charge in [0.05, 0.1) is 11.7 Å². The van der Waals surface area contributed by atoms with E-state index in [0.29, 0.717) is 16.6 Å². The minimum Gasteiger partial charge on any atom is -0.482 e. The number of benzene rings is 1. The molecule has 0 spiro atoms. The molecule has 0 aliphatic carbocycles. The molecule has 1 aliphatic heterocycles. The summed E-state index contributed by atoms with van der Waals surface area (Å²) in [5.41, 5.74) is 1.47. The molecule has 0 saturated heterocycles. The molecule has 3 amide bonds. The second-order valence-corrected chi connectivity index (χ2v) is 5.64. The van der Waals surface area contributed by atoms with Crippen LogP contribution in [-0.4, -0.2) is 23.5 Å². The Morgan fingerprint density at radius 1 is 1.50 bits per heavy atom. The summed E-state index contributed by atoms with van der Waals surface area (Å²) in [6.07, 6.45) is 1.62. The summed E-state index contributed by atoms with van der Waals surface area (Å²) in [5, 5.41) is 10.5. The van der Waals surface area contributed by atoms with Gasteiger partial charge < -0.3 is 15.4 Å². The van der Waals surface area contributed by atoms with Gasteiger partial charge in [0.15, 0.2) is 11.7 Å². The molecule has 1 atom stereocenters. The van der Waals surface area contributed by atoms with Crippen molar-refractivity contribution in [2.45, 2.75) is 13.0 Å². The number of thiazole rings is 1. The Morgan fingerprint density at radius 2 is 2.36 bits per heavy atom. The number of carbonyl (C=O) groups is 2. The highest BCUT2D eigenvalue weighted by Crippen LogP contribution is 2.30. The van der Waals surface area contributed by atoms with Crippen LogP contribution in [0.15, 0.2) is 29.8 Å². The van der Waals surface area contributed by atoms with Gasteiger partial charge >= 0.3 is 6.03 Å². The first-order chi connectivity index (χ1) is 10.6. The molecule has 0 fully saturated rings. The van der Waals surface area contributed by atoms with Gasteiger partial charge in [-0.15, -0.1) is 11.3 Å². The van der Waals surface area contributed by atoms with Crippen molar-refractivity contribution >= 4 is 34.1 Å². The van der Waals surface area contributed by atoms with Gasteiger partial charge in [0.1, 0.15) is 5.75 Å². The summed E-state index contributed by atoms with van der Waals surface area (Å²) in [6.45, 7) is 1.88. The first kappa shape index (κ1) is 14.3. The van der Waals surface area contributed by atoms with E-state index in [4.69, 9.17) is 4.74 Å². The number of rotatable bonds is 3. The molecular weight excluding hydrogens is 304 g/mol. The number of nitrogens with zero attached hydrogens (tertiary/aromatic N) is 1. The maximum atomic E-state index is 11.9. The van der Waals surface area contributed by atoms with Gasteiger partial charge in [-0.3, -0.25) is 10.1 Å². The van der Waals surface area contributed by atoms with E-state index < -0.39 is 0 Å². The van der Waals surface area contributed by atoms with Crippen molar-refractivity contribution in [1.82, 2.24) is 10.3 Å². The van der Waals surface area contributed by atoms with Crippen molar-refractivity contribution < 1.29 is 14.3 Å². The number of urea groups is 1. The normalized spacial score (nSPS) is 14.3. The highest BCUT2D eigenvalue weighted by molar-refractivity contribution is 7.13. The molecule has 0 saturated carbocycles. The molecule has 22 heavy (non-hydrogen) atoms. The quantitative estimate of drug-likeness (QED) is 0.810. The second kappa shape index (κ2) is 6.02. The molecule has 0 radical (unpaired) electrons. The maximum Gasteiger partial charge on any atom is 0.321 e. The Labute approximate surface area is 130 Å². The molecule has 2 heterocycles. The third-order valence-corrected chi connectivity index (χ3v) is 3.83. The van der Waals surface area contributed by atoms with Crippen LogP contribution in [0, 0.1) is 0 Å². The molecule has 3 rings (SSSR count). The number of amides is 3. The molecule has 7 nitrogen and oxygen atoms in total. The van der Waals surface area contributed by atoms with Crippen molar-refractivity contribution in [1.29, 1.82) is 0 Å². The Bertz CT molecular complexity index is 702. The minimum atomic E-state index is -0.333. The third kappa shape index (κ3) is 3.17. The average Bonchev–Trinajstić information content (AvgIpc) is 2.99. The van der Waals surface area contributed by atoms with Crippen molar-refractivity contribution in [3.05, 3.63) is 35.3 Å². The van der Waals surface area contributed by atoms with Gasteiger partial charge in [-0.25, -0.2) is 9.78 Å². The number of hydrogen-bond donors (Lipinski definition) is 3. The summed E-state index contributed by atoms with van der Waals surface area (Å²) in [6, 6.07) is 4.86. The molecule has 1 aromatic heterocycles. The Morgan fingerprint density at radius 3 is 3.14 bits per heavy atom.